The maximum absolute atomic E-state index is 12.7. The highest BCUT2D eigenvalue weighted by atomic mass is 79.9. The minimum atomic E-state index is 0.105. The molecule has 4 heteroatoms. The van der Waals surface area contributed by atoms with Gasteiger partial charge in [-0.15, -0.1) is 0 Å². The van der Waals surface area contributed by atoms with Crippen LogP contribution in [0.4, 0.5) is 5.69 Å². The summed E-state index contributed by atoms with van der Waals surface area (Å²) < 4.78 is 0.860. The Kier molecular flexibility index (Phi) is 4.71. The zero-order valence-corrected chi connectivity index (χ0v) is 15.1. The number of benzene rings is 2. The van der Waals surface area contributed by atoms with Gasteiger partial charge in [0.15, 0.2) is 0 Å². The van der Waals surface area contributed by atoms with Crippen LogP contribution in [0.2, 0.25) is 0 Å². The van der Waals surface area contributed by atoms with E-state index in [1.165, 1.54) is 11.3 Å². The van der Waals surface area contributed by atoms with E-state index in [1.807, 2.05) is 29.2 Å². The number of halogens is 1. The van der Waals surface area contributed by atoms with Crippen LogP contribution in [0.3, 0.4) is 0 Å². The van der Waals surface area contributed by atoms with Gasteiger partial charge in [-0.2, -0.15) is 0 Å². The number of aryl methyl sites for hydroxylation is 1. The molecule has 23 heavy (non-hydrogen) atoms. The number of rotatable bonds is 2. The van der Waals surface area contributed by atoms with E-state index in [1.54, 1.807) is 0 Å². The van der Waals surface area contributed by atoms with E-state index in [9.17, 15) is 4.79 Å². The Labute approximate surface area is 146 Å². The molecule has 0 aromatic heterocycles. The van der Waals surface area contributed by atoms with Crippen LogP contribution in [0.5, 0.6) is 0 Å². The molecular weight excluding hydrogens is 352 g/mol. The predicted octanol–water partition coefficient (Wildman–Crippen LogP) is 4.11. The number of amides is 1. The van der Waals surface area contributed by atoms with Crippen LogP contribution in [-0.4, -0.2) is 36.5 Å². The molecule has 120 valence electrons. The lowest BCUT2D eigenvalue weighted by Gasteiger charge is -2.41. The first-order chi connectivity index (χ1) is 11.1. The van der Waals surface area contributed by atoms with Crippen LogP contribution >= 0.6 is 15.9 Å². The van der Waals surface area contributed by atoms with Crippen molar-refractivity contribution in [1.82, 2.24) is 4.90 Å². The molecule has 1 aliphatic heterocycles. The summed E-state index contributed by atoms with van der Waals surface area (Å²) in [4.78, 5) is 17.1. The van der Waals surface area contributed by atoms with Gasteiger partial charge in [0.1, 0.15) is 0 Å². The average Bonchev–Trinajstić information content (AvgIpc) is 2.54. The Morgan fingerprint density at radius 2 is 1.91 bits per heavy atom. The first-order valence-corrected chi connectivity index (χ1v) is 8.72. The van der Waals surface area contributed by atoms with Crippen molar-refractivity contribution in [3.63, 3.8) is 0 Å². The van der Waals surface area contributed by atoms with E-state index in [2.05, 4.69) is 58.9 Å². The number of carbonyl (C=O) groups is 1. The van der Waals surface area contributed by atoms with E-state index in [0.717, 1.165) is 29.7 Å². The lowest BCUT2D eigenvalue weighted by molar-refractivity contribution is 0.0725. The van der Waals surface area contributed by atoms with E-state index < -0.39 is 0 Å². The molecule has 2 aromatic rings. The molecule has 0 bridgehead atoms. The van der Waals surface area contributed by atoms with Gasteiger partial charge in [0.05, 0.1) is 5.56 Å². The van der Waals surface area contributed by atoms with Crippen molar-refractivity contribution in [3.05, 3.63) is 64.1 Å². The average molecular weight is 373 g/mol. The van der Waals surface area contributed by atoms with Crippen LogP contribution in [0.1, 0.15) is 22.8 Å². The highest BCUT2D eigenvalue weighted by molar-refractivity contribution is 9.10. The first-order valence-electron chi connectivity index (χ1n) is 7.93. The molecule has 1 amide bonds. The largest absolute Gasteiger partial charge is 0.365 e. The Morgan fingerprint density at radius 3 is 2.61 bits per heavy atom. The zero-order chi connectivity index (χ0) is 16.4. The number of carbonyl (C=O) groups excluding carboxylic acids is 1. The number of nitrogens with zero attached hydrogens (tertiary/aromatic N) is 2. The van der Waals surface area contributed by atoms with Crippen LogP contribution in [0.25, 0.3) is 0 Å². The molecule has 1 aliphatic rings. The van der Waals surface area contributed by atoms with Crippen molar-refractivity contribution >= 4 is 27.5 Å². The Bertz CT molecular complexity index is 716. The monoisotopic (exact) mass is 372 g/mol. The summed E-state index contributed by atoms with van der Waals surface area (Å²) in [6, 6.07) is 16.5. The van der Waals surface area contributed by atoms with Crippen molar-refractivity contribution in [2.45, 2.75) is 19.9 Å². The smallest absolute Gasteiger partial charge is 0.255 e. The highest BCUT2D eigenvalue weighted by Crippen LogP contribution is 2.24. The zero-order valence-electron chi connectivity index (χ0n) is 13.5. The van der Waals surface area contributed by atoms with Gasteiger partial charge in [-0.3, -0.25) is 4.79 Å². The Balaban J connectivity index is 1.74. The molecule has 0 spiro atoms. The fourth-order valence-corrected chi connectivity index (χ4v) is 3.59. The standard InChI is InChI=1S/C19H21BrN2O/c1-14-6-5-7-16(12-14)22-11-10-21(13-15(22)2)19(23)17-8-3-4-9-18(17)20/h3-9,12,15H,10-11,13H2,1-2H3/t15-/m1/s1. The molecule has 3 nitrogen and oxygen atoms in total. The minimum Gasteiger partial charge on any atom is -0.365 e. The summed E-state index contributed by atoms with van der Waals surface area (Å²) in [5, 5.41) is 0. The van der Waals surface area contributed by atoms with Crippen molar-refractivity contribution in [2.24, 2.45) is 0 Å². The molecular formula is C19H21BrN2O. The molecule has 1 atom stereocenters. The maximum atomic E-state index is 12.7. The molecule has 0 saturated carbocycles. The molecule has 0 N–H and O–H groups in total. The molecule has 1 saturated heterocycles. The van der Waals surface area contributed by atoms with Gasteiger partial charge < -0.3 is 9.80 Å². The first kappa shape index (κ1) is 16.1. The van der Waals surface area contributed by atoms with Gasteiger partial charge in [0.2, 0.25) is 0 Å². The van der Waals surface area contributed by atoms with Crippen LogP contribution in [-0.2, 0) is 0 Å². The van der Waals surface area contributed by atoms with Gasteiger partial charge in [-0.1, -0.05) is 24.3 Å². The number of anilines is 1. The van der Waals surface area contributed by atoms with Gasteiger partial charge in [0, 0.05) is 35.8 Å². The summed E-state index contributed by atoms with van der Waals surface area (Å²) in [6.07, 6.45) is 0. The fraction of sp³-hybridized carbons (Fsp3) is 0.316. The summed E-state index contributed by atoms with van der Waals surface area (Å²) in [7, 11) is 0. The second-order valence-electron chi connectivity index (χ2n) is 6.11. The lowest BCUT2D eigenvalue weighted by atomic mass is 10.1. The highest BCUT2D eigenvalue weighted by Gasteiger charge is 2.28. The fourth-order valence-electron chi connectivity index (χ4n) is 3.14. The summed E-state index contributed by atoms with van der Waals surface area (Å²) in [5.74, 6) is 0.105. The molecule has 0 radical (unpaired) electrons. The summed E-state index contributed by atoms with van der Waals surface area (Å²) >= 11 is 3.48. The number of hydrogen-bond acceptors (Lipinski definition) is 2. The van der Waals surface area contributed by atoms with Gasteiger partial charge in [0.25, 0.3) is 5.91 Å². The van der Waals surface area contributed by atoms with E-state index >= 15 is 0 Å². The summed E-state index contributed by atoms with van der Waals surface area (Å²) in [5.41, 5.74) is 3.25. The van der Waals surface area contributed by atoms with Crippen molar-refractivity contribution in [2.75, 3.05) is 24.5 Å². The second kappa shape index (κ2) is 6.75. The summed E-state index contributed by atoms with van der Waals surface area (Å²) in [6.45, 7) is 6.65. The normalized spacial score (nSPS) is 18.1. The van der Waals surface area contributed by atoms with Gasteiger partial charge >= 0.3 is 0 Å². The molecule has 0 unspecified atom stereocenters. The molecule has 0 aliphatic carbocycles. The molecule has 1 heterocycles. The topological polar surface area (TPSA) is 23.6 Å². The van der Waals surface area contributed by atoms with Crippen LogP contribution in [0.15, 0.2) is 53.0 Å². The van der Waals surface area contributed by atoms with Crippen LogP contribution in [0, 0.1) is 6.92 Å². The molecule has 3 rings (SSSR count). The van der Waals surface area contributed by atoms with Crippen molar-refractivity contribution in [3.8, 4) is 0 Å². The van der Waals surface area contributed by atoms with Gasteiger partial charge in [-0.25, -0.2) is 0 Å². The van der Waals surface area contributed by atoms with Crippen molar-refractivity contribution < 1.29 is 4.79 Å². The predicted molar refractivity (Wildman–Crippen MR) is 98.0 cm³/mol. The second-order valence-corrected chi connectivity index (χ2v) is 6.97. The van der Waals surface area contributed by atoms with E-state index in [4.69, 9.17) is 0 Å². The molecule has 2 aromatic carbocycles. The van der Waals surface area contributed by atoms with Crippen LogP contribution < -0.4 is 4.90 Å². The van der Waals surface area contributed by atoms with E-state index in [-0.39, 0.29) is 5.91 Å². The number of piperazine rings is 1. The third kappa shape index (κ3) is 3.42. The molecule has 1 fully saturated rings. The Morgan fingerprint density at radius 1 is 1.13 bits per heavy atom. The van der Waals surface area contributed by atoms with Crippen molar-refractivity contribution in [1.29, 1.82) is 0 Å². The number of hydrogen-bond donors (Lipinski definition) is 0. The quantitative estimate of drug-likeness (QED) is 0.791. The van der Waals surface area contributed by atoms with E-state index in [0.29, 0.717) is 6.04 Å². The van der Waals surface area contributed by atoms with Gasteiger partial charge in [-0.05, 0) is 59.6 Å². The minimum absolute atomic E-state index is 0.105. The third-order valence-electron chi connectivity index (χ3n) is 4.35. The maximum Gasteiger partial charge on any atom is 0.255 e. The lowest BCUT2D eigenvalue weighted by Crippen LogP contribution is -2.53. The Hall–Kier alpha value is -1.81. The third-order valence-corrected chi connectivity index (χ3v) is 5.04. The SMILES string of the molecule is Cc1cccc(N2CCN(C(=O)c3ccccc3Br)C[C@H]2C)c1.